The monoisotopic (exact) mass is 265 g/mol. The van der Waals surface area contributed by atoms with Crippen LogP contribution in [0.1, 0.15) is 26.3 Å². The second kappa shape index (κ2) is 7.48. The molecule has 0 N–H and O–H groups in total. The topological polar surface area (TPSA) is 27.7 Å². The fourth-order valence-electron chi connectivity index (χ4n) is 1.71. The summed E-state index contributed by atoms with van der Waals surface area (Å²) in [5.74, 6) is 0. The van der Waals surface area contributed by atoms with Crippen LogP contribution in [0, 0.1) is 6.07 Å². The van der Waals surface area contributed by atoms with Crippen LogP contribution in [0.25, 0.3) is 6.08 Å². The number of rotatable bonds is 8. The van der Waals surface area contributed by atoms with Crippen LogP contribution in [0.15, 0.2) is 24.8 Å². The standard InChI is InChI=1S/C14H21O3Si/c1-5-13-10-9-11-14(12-13)18(15-6-2,16-7-3)17-8-4/h5,9-11H,1,6-8H2,2-4H3. The van der Waals surface area contributed by atoms with Gasteiger partial charge >= 0.3 is 8.80 Å². The van der Waals surface area contributed by atoms with Gasteiger partial charge in [0, 0.05) is 25.0 Å². The molecule has 99 valence electrons. The van der Waals surface area contributed by atoms with E-state index in [1.54, 1.807) is 6.08 Å². The summed E-state index contributed by atoms with van der Waals surface area (Å²) in [7, 11) is -2.82. The summed E-state index contributed by atoms with van der Waals surface area (Å²) in [6, 6.07) is 9.09. The van der Waals surface area contributed by atoms with E-state index in [-0.39, 0.29) is 0 Å². The van der Waals surface area contributed by atoms with Crippen molar-refractivity contribution in [3.05, 3.63) is 36.4 Å². The molecule has 0 aliphatic carbocycles. The summed E-state index contributed by atoms with van der Waals surface area (Å²) in [5.41, 5.74) is 0.920. The van der Waals surface area contributed by atoms with Crippen LogP contribution in [-0.4, -0.2) is 28.6 Å². The number of hydrogen-bond donors (Lipinski definition) is 0. The van der Waals surface area contributed by atoms with E-state index < -0.39 is 8.80 Å². The Morgan fingerprint density at radius 2 is 1.67 bits per heavy atom. The Kier molecular flexibility index (Phi) is 6.28. The molecule has 0 heterocycles. The summed E-state index contributed by atoms with van der Waals surface area (Å²) in [5, 5.41) is 0.866. The predicted octanol–water partition coefficient (Wildman–Crippen LogP) is 2.39. The minimum absolute atomic E-state index is 0.554. The van der Waals surface area contributed by atoms with Crippen molar-refractivity contribution in [1.82, 2.24) is 0 Å². The average molecular weight is 265 g/mol. The molecule has 3 nitrogen and oxygen atoms in total. The third-order valence-electron chi connectivity index (χ3n) is 2.37. The number of hydrogen-bond acceptors (Lipinski definition) is 3. The van der Waals surface area contributed by atoms with Crippen molar-refractivity contribution in [3.63, 3.8) is 0 Å². The van der Waals surface area contributed by atoms with Gasteiger partial charge < -0.3 is 13.3 Å². The Balaban J connectivity index is 3.15. The molecule has 0 spiro atoms. The SMILES string of the molecule is C=Cc1[c]c([Si](OCC)(OCC)OCC)ccc1. The molecule has 1 aromatic carbocycles. The maximum atomic E-state index is 5.82. The molecule has 0 unspecified atom stereocenters. The molecule has 1 aromatic rings. The van der Waals surface area contributed by atoms with E-state index in [1.807, 2.05) is 39.0 Å². The molecule has 4 heteroatoms. The van der Waals surface area contributed by atoms with Gasteiger partial charge in [0.25, 0.3) is 0 Å². The van der Waals surface area contributed by atoms with Crippen molar-refractivity contribution in [2.75, 3.05) is 19.8 Å². The van der Waals surface area contributed by atoms with Crippen LogP contribution in [-0.2, 0) is 13.3 Å². The molecule has 0 atom stereocenters. The van der Waals surface area contributed by atoms with E-state index in [1.165, 1.54) is 0 Å². The van der Waals surface area contributed by atoms with Gasteiger partial charge in [-0.2, -0.15) is 0 Å². The van der Waals surface area contributed by atoms with E-state index in [0.29, 0.717) is 19.8 Å². The first kappa shape index (κ1) is 15.1. The van der Waals surface area contributed by atoms with Gasteiger partial charge in [0.2, 0.25) is 0 Å². The zero-order valence-electron chi connectivity index (χ0n) is 11.4. The largest absolute Gasteiger partial charge is 0.537 e. The second-order valence-electron chi connectivity index (χ2n) is 3.58. The molecule has 0 aliphatic rings. The highest BCUT2D eigenvalue weighted by molar-refractivity contribution is 6.75. The summed E-state index contributed by atoms with van der Waals surface area (Å²) in [6.07, 6.45) is 1.76. The lowest BCUT2D eigenvalue weighted by Gasteiger charge is -2.28. The summed E-state index contributed by atoms with van der Waals surface area (Å²) < 4.78 is 17.5. The van der Waals surface area contributed by atoms with E-state index in [0.717, 1.165) is 10.8 Å². The molecule has 0 aromatic heterocycles. The lowest BCUT2D eigenvalue weighted by Crippen LogP contribution is -2.57. The van der Waals surface area contributed by atoms with Crippen LogP contribution in [0.5, 0.6) is 0 Å². The minimum atomic E-state index is -2.82. The summed E-state index contributed by atoms with van der Waals surface area (Å²) >= 11 is 0. The summed E-state index contributed by atoms with van der Waals surface area (Å²) in [6.45, 7) is 11.2. The molecule has 0 amide bonds. The Morgan fingerprint density at radius 1 is 1.11 bits per heavy atom. The van der Waals surface area contributed by atoms with Crippen LogP contribution in [0.2, 0.25) is 0 Å². The third kappa shape index (κ3) is 3.52. The van der Waals surface area contributed by atoms with Gasteiger partial charge in [0.05, 0.1) is 0 Å². The minimum Gasteiger partial charge on any atom is -0.370 e. The van der Waals surface area contributed by atoms with Crippen molar-refractivity contribution >= 4 is 20.1 Å². The van der Waals surface area contributed by atoms with Crippen molar-refractivity contribution < 1.29 is 13.3 Å². The van der Waals surface area contributed by atoms with Gasteiger partial charge in [-0.15, -0.1) is 0 Å². The Labute approximate surface area is 111 Å². The highest BCUT2D eigenvalue weighted by atomic mass is 28.4. The maximum Gasteiger partial charge on any atom is 0.537 e. The van der Waals surface area contributed by atoms with Crippen molar-refractivity contribution in [1.29, 1.82) is 0 Å². The van der Waals surface area contributed by atoms with Crippen molar-refractivity contribution in [3.8, 4) is 0 Å². The van der Waals surface area contributed by atoms with Crippen molar-refractivity contribution in [2.24, 2.45) is 0 Å². The van der Waals surface area contributed by atoms with Crippen LogP contribution in [0.4, 0.5) is 0 Å². The molecule has 0 bridgehead atoms. The Bertz CT molecular complexity index is 362. The molecule has 0 fully saturated rings. The molecule has 0 saturated carbocycles. The zero-order chi connectivity index (χ0) is 13.4. The lowest BCUT2D eigenvalue weighted by atomic mass is 10.2. The smallest absolute Gasteiger partial charge is 0.370 e. The van der Waals surface area contributed by atoms with Gasteiger partial charge in [-0.1, -0.05) is 30.9 Å². The Hall–Kier alpha value is -0.943. The van der Waals surface area contributed by atoms with E-state index >= 15 is 0 Å². The normalized spacial score (nSPS) is 11.5. The van der Waals surface area contributed by atoms with E-state index in [9.17, 15) is 0 Å². The van der Waals surface area contributed by atoms with E-state index in [2.05, 4.69) is 12.6 Å². The lowest BCUT2D eigenvalue weighted by molar-refractivity contribution is 0.0858. The fourth-order valence-corrected chi connectivity index (χ4v) is 4.17. The number of benzene rings is 1. The van der Waals surface area contributed by atoms with Crippen molar-refractivity contribution in [2.45, 2.75) is 20.8 Å². The first-order chi connectivity index (χ1) is 8.72. The molecule has 0 saturated heterocycles. The molecule has 1 rings (SSSR count). The van der Waals surface area contributed by atoms with Gasteiger partial charge in [-0.3, -0.25) is 0 Å². The van der Waals surface area contributed by atoms with Gasteiger partial charge in [-0.05, 0) is 32.4 Å². The van der Waals surface area contributed by atoms with Crippen LogP contribution >= 0.6 is 0 Å². The fraction of sp³-hybridized carbons (Fsp3) is 0.429. The molecule has 18 heavy (non-hydrogen) atoms. The first-order valence-corrected chi connectivity index (χ1v) is 8.02. The highest BCUT2D eigenvalue weighted by Gasteiger charge is 2.43. The highest BCUT2D eigenvalue weighted by Crippen LogP contribution is 2.12. The van der Waals surface area contributed by atoms with Crippen LogP contribution < -0.4 is 5.19 Å². The summed E-state index contributed by atoms with van der Waals surface area (Å²) in [4.78, 5) is 0. The molecule has 1 radical (unpaired) electrons. The quantitative estimate of drug-likeness (QED) is 0.676. The van der Waals surface area contributed by atoms with Gasteiger partial charge in [-0.25, -0.2) is 0 Å². The second-order valence-corrected chi connectivity index (χ2v) is 6.10. The Morgan fingerprint density at radius 3 is 2.11 bits per heavy atom. The third-order valence-corrected chi connectivity index (χ3v) is 5.33. The van der Waals surface area contributed by atoms with Gasteiger partial charge in [0.15, 0.2) is 0 Å². The zero-order valence-corrected chi connectivity index (χ0v) is 12.4. The predicted molar refractivity (Wildman–Crippen MR) is 75.6 cm³/mol. The first-order valence-electron chi connectivity index (χ1n) is 6.29. The molecule has 0 aliphatic heterocycles. The molecular formula is C14H21O3Si. The van der Waals surface area contributed by atoms with Crippen LogP contribution in [0.3, 0.4) is 0 Å². The van der Waals surface area contributed by atoms with Gasteiger partial charge in [0.1, 0.15) is 0 Å². The van der Waals surface area contributed by atoms with E-state index in [4.69, 9.17) is 13.3 Å². The maximum absolute atomic E-state index is 5.82. The molecular weight excluding hydrogens is 244 g/mol. The average Bonchev–Trinajstić information content (AvgIpc) is 2.39.